The second-order valence-electron chi connectivity index (χ2n) is 22.6. The molecule has 88 heavy (non-hydrogen) atoms. The predicted molar refractivity (Wildman–Crippen MR) is 305 cm³/mol. The lowest BCUT2D eigenvalue weighted by molar-refractivity contribution is -0.138. The monoisotopic (exact) mass is 1210 g/mol. The molecule has 0 aliphatic carbocycles. The van der Waals surface area contributed by atoms with Crippen LogP contribution >= 0.6 is 0 Å². The molecule has 9 aromatic rings. The molecule has 16 nitrogen and oxygen atoms in total. The quantitative estimate of drug-likeness (QED) is 0.109. The van der Waals surface area contributed by atoms with Gasteiger partial charge in [-0.25, -0.2) is 0 Å². The van der Waals surface area contributed by atoms with Crippen molar-refractivity contribution in [3.8, 4) is 33.4 Å². The zero-order chi connectivity index (χ0) is 62.4. The van der Waals surface area contributed by atoms with Crippen LogP contribution in [0.4, 0.5) is 56.6 Å². The van der Waals surface area contributed by atoms with Gasteiger partial charge in [0.15, 0.2) is 0 Å². The lowest BCUT2D eigenvalue weighted by Crippen LogP contribution is -2.54. The summed E-state index contributed by atoms with van der Waals surface area (Å²) in [6, 6.07) is 22.2. The molecule has 452 valence electrons. The molecule has 12 rings (SSSR count). The number of carbonyl (C=O) groups excluding carboxylic acids is 3. The summed E-state index contributed by atoms with van der Waals surface area (Å²) >= 11 is 0. The van der Waals surface area contributed by atoms with E-state index in [4.69, 9.17) is 10.1 Å². The number of nitrogens with zero attached hydrogens (tertiary/aromatic N) is 12. The van der Waals surface area contributed by atoms with Gasteiger partial charge in [0.25, 0.3) is 17.7 Å². The van der Waals surface area contributed by atoms with Crippen LogP contribution in [0.2, 0.25) is 0 Å². The van der Waals surface area contributed by atoms with Gasteiger partial charge in [0.1, 0.15) is 17.1 Å². The molecular formula is C63H53F9N12O4. The summed E-state index contributed by atoms with van der Waals surface area (Å²) in [5.41, 5.74) is 2.51. The Morgan fingerprint density at radius 3 is 1.59 bits per heavy atom. The summed E-state index contributed by atoms with van der Waals surface area (Å²) in [6.07, 6.45) is -5.72. The van der Waals surface area contributed by atoms with Crippen molar-refractivity contribution >= 4 is 34.8 Å². The van der Waals surface area contributed by atoms with Crippen molar-refractivity contribution in [1.82, 2.24) is 44.3 Å². The normalized spacial score (nSPS) is 18.4. The van der Waals surface area contributed by atoms with Gasteiger partial charge in [0, 0.05) is 81.9 Å². The third kappa shape index (κ3) is 10.9. The number of pyridine rings is 3. The van der Waals surface area contributed by atoms with Crippen LogP contribution in [0, 0.1) is 13.8 Å². The summed E-state index contributed by atoms with van der Waals surface area (Å²) in [5.74, 6) is -1.57. The molecule has 0 spiro atoms. The zero-order valence-electron chi connectivity index (χ0n) is 47.4. The van der Waals surface area contributed by atoms with E-state index in [1.807, 2.05) is 26.0 Å². The lowest BCUT2D eigenvalue weighted by Gasteiger charge is -2.41. The third-order valence-electron chi connectivity index (χ3n) is 16.4. The topological polar surface area (TPSA) is 173 Å². The summed E-state index contributed by atoms with van der Waals surface area (Å²) in [6.45, 7) is 6.81. The Hall–Kier alpha value is -9.52. The first kappa shape index (κ1) is 58.8. The molecule has 0 saturated heterocycles. The molecule has 3 aliphatic rings. The van der Waals surface area contributed by atoms with E-state index in [1.165, 1.54) is 75.1 Å². The molecule has 1 N–H and O–H groups in total. The van der Waals surface area contributed by atoms with Gasteiger partial charge in [-0.2, -0.15) is 54.8 Å². The first-order valence-electron chi connectivity index (χ1n) is 28.0. The number of rotatable bonds is 13. The highest BCUT2D eigenvalue weighted by atomic mass is 19.4. The van der Waals surface area contributed by atoms with Crippen LogP contribution in [-0.2, 0) is 36.9 Å². The molecule has 3 aromatic carbocycles. The molecule has 6 aromatic heterocycles. The van der Waals surface area contributed by atoms with Gasteiger partial charge < -0.3 is 19.8 Å². The highest BCUT2D eigenvalue weighted by molar-refractivity contribution is 6.12. The Labute approximate surface area is 496 Å². The number of hydrogen-bond donors (Lipinski definition) is 1. The van der Waals surface area contributed by atoms with Crippen molar-refractivity contribution in [1.29, 1.82) is 0 Å². The molecule has 0 fully saturated rings. The Morgan fingerprint density at radius 1 is 0.557 bits per heavy atom. The number of halogens is 9. The standard InChI is InChI=1S/C63H53F9N12O4/c1-35-24-38(20-22-73-35)50-29-75-82-49(32-79(57(86)54(50)82)46-14-8-41(9-15-46)61(64,65)66)7-5-6-44-26-39(21-23-74-44)51-31-77-84-56(51)59(88)81(48-18-12-43(13-19-48)63(70,71)72)34-60(84,4)28-45-27-40(25-36(2)78-45)52-30-76-83-53(37(3)85)33-80(58(87)55(52)83)47-16-10-42(11-17-47)62(67,68)69/h8-27,29-31,37,49,53,85H,5-7,28,32-34H2,1-4H3/t37?,49-,53?,60?/m0/s1. The van der Waals surface area contributed by atoms with E-state index in [0.29, 0.717) is 75.4 Å². The van der Waals surface area contributed by atoms with Crippen molar-refractivity contribution in [3.63, 3.8) is 0 Å². The van der Waals surface area contributed by atoms with E-state index in [-0.39, 0.29) is 60.2 Å². The fraction of sp³-hybridized carbons (Fsp3) is 0.286. The van der Waals surface area contributed by atoms with Crippen molar-refractivity contribution in [3.05, 3.63) is 197 Å². The van der Waals surface area contributed by atoms with Gasteiger partial charge in [-0.1, -0.05) is 0 Å². The van der Waals surface area contributed by atoms with Gasteiger partial charge in [-0.15, -0.1) is 0 Å². The van der Waals surface area contributed by atoms with Crippen LogP contribution in [0.5, 0.6) is 0 Å². The predicted octanol–water partition coefficient (Wildman–Crippen LogP) is 12.6. The van der Waals surface area contributed by atoms with E-state index in [2.05, 4.69) is 20.2 Å². The number of carbonyl (C=O) groups is 3. The Balaban J connectivity index is 0.855. The van der Waals surface area contributed by atoms with E-state index in [9.17, 15) is 54.2 Å². The first-order valence-corrected chi connectivity index (χ1v) is 28.0. The lowest BCUT2D eigenvalue weighted by atomic mass is 9.89. The molecule has 3 unspecified atom stereocenters. The number of fused-ring (bicyclic) bond motifs is 3. The molecule has 0 bridgehead atoms. The maximum Gasteiger partial charge on any atom is 0.416 e. The van der Waals surface area contributed by atoms with Gasteiger partial charge in [-0.05, 0) is 173 Å². The minimum Gasteiger partial charge on any atom is -0.391 e. The Morgan fingerprint density at radius 2 is 1.02 bits per heavy atom. The van der Waals surface area contributed by atoms with Crippen molar-refractivity contribution in [2.75, 3.05) is 34.3 Å². The summed E-state index contributed by atoms with van der Waals surface area (Å²) in [5, 5.41) is 25.0. The number of aliphatic hydroxyl groups is 1. The number of alkyl halides is 9. The van der Waals surface area contributed by atoms with Crippen LogP contribution in [0.25, 0.3) is 33.4 Å². The third-order valence-corrected chi connectivity index (χ3v) is 16.4. The highest BCUT2D eigenvalue weighted by Crippen LogP contribution is 2.42. The van der Waals surface area contributed by atoms with Gasteiger partial charge in [0.2, 0.25) is 0 Å². The molecule has 3 amide bonds. The van der Waals surface area contributed by atoms with Gasteiger partial charge >= 0.3 is 18.5 Å². The average Bonchev–Trinajstić information content (AvgIpc) is 2.22. The first-order chi connectivity index (χ1) is 41.7. The summed E-state index contributed by atoms with van der Waals surface area (Å²) in [7, 11) is 0. The number of aliphatic hydroxyl groups excluding tert-OH is 1. The van der Waals surface area contributed by atoms with Crippen LogP contribution < -0.4 is 14.7 Å². The van der Waals surface area contributed by atoms with E-state index in [1.54, 1.807) is 59.1 Å². The van der Waals surface area contributed by atoms with Crippen LogP contribution in [0.1, 0.15) is 110 Å². The van der Waals surface area contributed by atoms with Gasteiger partial charge in [0.05, 0.1) is 72.1 Å². The molecule has 4 atom stereocenters. The highest BCUT2D eigenvalue weighted by Gasteiger charge is 2.45. The summed E-state index contributed by atoms with van der Waals surface area (Å²) < 4.78 is 128. The Kier molecular flexibility index (Phi) is 14.7. The van der Waals surface area contributed by atoms with Crippen molar-refractivity contribution in [2.24, 2.45) is 0 Å². The smallest absolute Gasteiger partial charge is 0.391 e. The largest absolute Gasteiger partial charge is 0.416 e. The van der Waals surface area contributed by atoms with Crippen LogP contribution in [0.15, 0.2) is 140 Å². The molecule has 0 radical (unpaired) electrons. The molecule has 0 saturated carbocycles. The maximum atomic E-state index is 15.1. The summed E-state index contributed by atoms with van der Waals surface area (Å²) in [4.78, 5) is 61.9. The number of benzene rings is 3. The number of amides is 3. The molecule has 9 heterocycles. The Bertz CT molecular complexity index is 4170. The molecule has 25 heteroatoms. The second-order valence-corrected chi connectivity index (χ2v) is 22.6. The van der Waals surface area contributed by atoms with Crippen LogP contribution in [-0.4, -0.2) is 92.9 Å². The fourth-order valence-electron chi connectivity index (χ4n) is 12.1. The van der Waals surface area contributed by atoms with E-state index >= 15 is 4.79 Å². The number of hydrogen-bond acceptors (Lipinski definition) is 10. The van der Waals surface area contributed by atoms with Gasteiger partial charge in [-0.3, -0.25) is 43.4 Å². The zero-order valence-corrected chi connectivity index (χ0v) is 47.4. The average molecular weight is 1210 g/mol. The van der Waals surface area contributed by atoms with Crippen molar-refractivity contribution in [2.45, 2.75) is 95.6 Å². The minimum absolute atomic E-state index is 0.0674. The minimum atomic E-state index is -4.66. The number of anilines is 3. The maximum absolute atomic E-state index is 15.1. The van der Waals surface area contributed by atoms with Crippen LogP contribution in [0.3, 0.4) is 0 Å². The SMILES string of the molecule is Cc1cc(-c2cnn3c2C(=O)N(c2ccc(C(F)(F)F)cc2)C[C@@H]3CCCc2cc(-c3cnn4c3C(=O)N(c3ccc(C(F)(F)F)cc3)CC4(C)Cc3cc(-c4cnn5c4C(=O)N(c4ccc(C(F)(F)F)cc4)CC5C(C)O)cc(C)n3)ccn2)ccn1. The molecular weight excluding hydrogens is 1160 g/mol. The molecule has 3 aliphatic heterocycles. The number of aryl methyl sites for hydroxylation is 3. The van der Waals surface area contributed by atoms with Crippen molar-refractivity contribution < 1.29 is 59.0 Å². The second kappa shape index (κ2) is 22.0. The fourth-order valence-corrected chi connectivity index (χ4v) is 12.1. The van der Waals surface area contributed by atoms with E-state index in [0.717, 1.165) is 36.4 Å². The van der Waals surface area contributed by atoms with E-state index < -0.39 is 76.7 Å². The number of aromatic nitrogens is 9.